The Labute approximate surface area is 237 Å². The number of rotatable bonds is 7. The van der Waals surface area contributed by atoms with Crippen LogP contribution in [0.1, 0.15) is 10.4 Å². The van der Waals surface area contributed by atoms with Crippen LogP contribution < -0.4 is 10.5 Å². The van der Waals surface area contributed by atoms with Crippen LogP contribution in [-0.4, -0.2) is 51.7 Å². The average Bonchev–Trinajstić information content (AvgIpc) is 3.29. The van der Waals surface area contributed by atoms with Gasteiger partial charge in [-0.25, -0.2) is 13.2 Å². The Morgan fingerprint density at radius 1 is 1.02 bits per heavy atom. The highest BCUT2D eigenvalue weighted by molar-refractivity contribution is 8.01. The van der Waals surface area contributed by atoms with Gasteiger partial charge in [0.1, 0.15) is 5.84 Å². The number of carboxylic acids is 1. The first-order chi connectivity index (χ1) is 18.6. The number of aliphatic carboxylic acids is 1. The molecule has 0 aliphatic rings. The molecule has 2 aromatic carbocycles. The number of halogens is 6. The molecule has 0 aliphatic heterocycles. The number of alkyl halides is 6. The number of sulfonamides is 1. The molecule has 41 heavy (non-hydrogen) atoms. The summed E-state index contributed by atoms with van der Waals surface area (Å²) in [6.07, 6.45) is -3.49. The molecule has 0 fully saturated rings. The fourth-order valence-corrected chi connectivity index (χ4v) is 8.07. The zero-order valence-corrected chi connectivity index (χ0v) is 23.9. The molecule has 0 aliphatic carbocycles. The Morgan fingerprint density at radius 3 is 2.00 bits per heavy atom. The number of carbonyl (C=O) groups is 1. The van der Waals surface area contributed by atoms with E-state index in [-0.39, 0.29) is 25.4 Å². The summed E-state index contributed by atoms with van der Waals surface area (Å²) < 4.78 is 124. The summed E-state index contributed by atoms with van der Waals surface area (Å²) in [7, 11) is -10.5. The van der Waals surface area contributed by atoms with Crippen molar-refractivity contribution < 1.29 is 53.1 Å². The summed E-state index contributed by atoms with van der Waals surface area (Å²) in [5.41, 5.74) is 0.127. The number of anilines is 1. The number of hydrogen-bond donors (Lipinski definition) is 4. The molecular weight excluding hydrogens is 645 g/mol. The van der Waals surface area contributed by atoms with E-state index in [1.165, 1.54) is 17.7 Å². The summed E-state index contributed by atoms with van der Waals surface area (Å²) in [5.74, 6) is -3.14. The molecule has 224 valence electrons. The smallest absolute Gasteiger partial charge is 0.475 e. The van der Waals surface area contributed by atoms with Crippen LogP contribution in [-0.2, 0) is 24.7 Å². The van der Waals surface area contributed by atoms with E-state index in [4.69, 9.17) is 21.0 Å². The maximum atomic E-state index is 13.8. The van der Waals surface area contributed by atoms with E-state index < -0.39 is 48.1 Å². The van der Waals surface area contributed by atoms with Crippen LogP contribution in [0.2, 0.25) is 0 Å². The number of thiophene rings is 1. The Bertz CT molecular complexity index is 1670. The average molecular weight is 664 g/mol. The van der Waals surface area contributed by atoms with Gasteiger partial charge in [0.05, 0.1) is 24.6 Å². The van der Waals surface area contributed by atoms with E-state index in [1.807, 2.05) is 0 Å². The van der Waals surface area contributed by atoms with Crippen LogP contribution in [0.3, 0.4) is 0 Å². The van der Waals surface area contributed by atoms with Crippen molar-refractivity contribution in [2.75, 3.05) is 11.0 Å². The molecule has 0 saturated carbocycles. The Hall–Kier alpha value is -3.29. The number of benzene rings is 2. The second-order valence-electron chi connectivity index (χ2n) is 7.72. The van der Waals surface area contributed by atoms with Gasteiger partial charge in [0.15, 0.2) is 0 Å². The maximum absolute atomic E-state index is 13.8. The number of nitrogens with one attached hydrogen (secondary N) is 2. The molecule has 0 unspecified atom stereocenters. The normalized spacial score (nSPS) is 12.3. The topological polar surface area (TPSA) is 167 Å². The largest absolute Gasteiger partial charge is 0.516 e. The zero-order valence-electron chi connectivity index (χ0n) is 20.6. The number of hydrogen-bond acceptors (Lipinski definition) is 8. The Morgan fingerprint density at radius 2 is 1.56 bits per heavy atom. The van der Waals surface area contributed by atoms with Gasteiger partial charge in [-0.3, -0.25) is 10.1 Å². The molecule has 0 spiro atoms. The molecular formula is C22H19F6N3O6S4. The molecule has 3 rings (SSSR count). The lowest BCUT2D eigenvalue weighted by molar-refractivity contribution is -0.192. The van der Waals surface area contributed by atoms with Gasteiger partial charge in [-0.2, -0.15) is 34.8 Å². The number of sulfone groups is 1. The van der Waals surface area contributed by atoms with Crippen molar-refractivity contribution in [3.8, 4) is 11.1 Å². The van der Waals surface area contributed by atoms with Crippen molar-refractivity contribution in [2.45, 2.75) is 32.6 Å². The highest BCUT2D eigenvalue weighted by Crippen LogP contribution is 2.42. The third-order valence-corrected chi connectivity index (χ3v) is 10.6. The quantitative estimate of drug-likeness (QED) is 0.112. The van der Waals surface area contributed by atoms with Crippen LogP contribution in [0.15, 0.2) is 62.5 Å². The predicted octanol–water partition coefficient (Wildman–Crippen LogP) is 5.46. The number of thioether (sulfide) groups is 1. The number of nitrogen functional groups attached to an aromatic ring is 1. The van der Waals surface area contributed by atoms with E-state index in [9.17, 15) is 43.2 Å². The molecule has 1 heterocycles. The molecule has 3 aromatic rings. The van der Waals surface area contributed by atoms with Gasteiger partial charge in [-0.15, -0.1) is 23.1 Å². The van der Waals surface area contributed by atoms with Crippen molar-refractivity contribution in [3.05, 3.63) is 59.0 Å². The summed E-state index contributed by atoms with van der Waals surface area (Å²) in [4.78, 5) is 8.14. The molecule has 0 radical (unpaired) electrons. The zero-order chi connectivity index (χ0) is 31.6. The first-order valence-corrected chi connectivity index (χ1v) is 15.5. The van der Waals surface area contributed by atoms with Gasteiger partial charge in [-0.05, 0) is 42.0 Å². The van der Waals surface area contributed by atoms with E-state index in [2.05, 4.69) is 0 Å². The van der Waals surface area contributed by atoms with Crippen LogP contribution in [0, 0.1) is 12.3 Å². The van der Waals surface area contributed by atoms with Gasteiger partial charge < -0.3 is 10.8 Å². The van der Waals surface area contributed by atoms with Crippen LogP contribution in [0.25, 0.3) is 11.1 Å². The van der Waals surface area contributed by atoms with Crippen molar-refractivity contribution in [1.82, 2.24) is 0 Å². The van der Waals surface area contributed by atoms with Crippen molar-refractivity contribution in [3.63, 3.8) is 0 Å². The second kappa shape index (κ2) is 12.3. The minimum absolute atomic E-state index is 0.0520. The highest BCUT2D eigenvalue weighted by atomic mass is 32.2. The second-order valence-corrected chi connectivity index (χ2v) is 13.4. The van der Waals surface area contributed by atoms with Crippen molar-refractivity contribution in [1.29, 1.82) is 5.41 Å². The van der Waals surface area contributed by atoms with Gasteiger partial charge in [0.2, 0.25) is 9.84 Å². The SMILES string of the molecule is CSc1sc(C(=N)N)cc1S(=O)(=O)c1c(NS(=O)(=O)C(F)(F)F)ccc(-c2ccccc2)c1C.O=C(O)C(F)(F)F. The lowest BCUT2D eigenvalue weighted by Gasteiger charge is -2.19. The molecule has 9 nitrogen and oxygen atoms in total. The minimum atomic E-state index is -5.91. The molecule has 0 bridgehead atoms. The van der Waals surface area contributed by atoms with E-state index >= 15 is 0 Å². The molecule has 0 amide bonds. The third kappa shape index (κ3) is 7.72. The van der Waals surface area contributed by atoms with E-state index in [1.54, 1.807) is 36.6 Å². The third-order valence-electron chi connectivity index (χ3n) is 4.96. The Kier molecular flexibility index (Phi) is 10.2. The molecule has 0 atom stereocenters. The summed E-state index contributed by atoms with van der Waals surface area (Å²) in [5, 5.41) is 14.7. The summed E-state index contributed by atoms with van der Waals surface area (Å²) in [6, 6.07) is 12.0. The highest BCUT2D eigenvalue weighted by Gasteiger charge is 2.47. The van der Waals surface area contributed by atoms with Crippen LogP contribution in [0.5, 0.6) is 0 Å². The fraction of sp³-hybridized carbons (Fsp3) is 0.182. The Balaban J connectivity index is 0.000000745. The molecule has 0 saturated heterocycles. The van der Waals surface area contributed by atoms with Crippen molar-refractivity contribution in [2.24, 2.45) is 5.73 Å². The standard InChI is InChI=1S/C20H18F3N3O4S4.C2HF3O2/c1-11-13(12-6-4-3-5-7-12)8-9-14(26-34(29,30)20(21,22)23)17(11)33(27,28)16-10-15(18(24)25)32-19(16)31-2;3-2(4,5)1(6)7/h3-10,26H,1-2H3,(H3,24,25);(H,6,7). The van der Waals surface area contributed by atoms with Gasteiger partial charge in [0, 0.05) is 0 Å². The predicted molar refractivity (Wildman–Crippen MR) is 141 cm³/mol. The lowest BCUT2D eigenvalue weighted by atomic mass is 10.00. The lowest BCUT2D eigenvalue weighted by Crippen LogP contribution is -2.30. The molecule has 19 heteroatoms. The summed E-state index contributed by atoms with van der Waals surface area (Å²) in [6.45, 7) is 1.39. The monoisotopic (exact) mass is 663 g/mol. The van der Waals surface area contributed by atoms with E-state index in [0.717, 1.165) is 35.2 Å². The number of nitrogens with two attached hydrogens (primary N) is 1. The van der Waals surface area contributed by atoms with Crippen LogP contribution in [0.4, 0.5) is 32.0 Å². The van der Waals surface area contributed by atoms with Gasteiger partial charge in [0.25, 0.3) is 0 Å². The van der Waals surface area contributed by atoms with Gasteiger partial charge in [-0.1, -0.05) is 36.4 Å². The summed E-state index contributed by atoms with van der Waals surface area (Å²) >= 11 is 1.99. The van der Waals surface area contributed by atoms with Gasteiger partial charge >= 0.3 is 27.7 Å². The minimum Gasteiger partial charge on any atom is -0.475 e. The fourth-order valence-electron chi connectivity index (χ4n) is 3.18. The molecule has 5 N–H and O–H groups in total. The number of amidine groups is 1. The van der Waals surface area contributed by atoms with E-state index in [0.29, 0.717) is 11.1 Å². The molecule has 1 aromatic heterocycles. The first kappa shape index (κ1) is 33.9. The number of carboxylic acid groups (broad SMARTS) is 1. The maximum Gasteiger partial charge on any atom is 0.516 e. The van der Waals surface area contributed by atoms with Crippen LogP contribution >= 0.6 is 23.1 Å². The first-order valence-electron chi connectivity index (χ1n) is 10.5. The van der Waals surface area contributed by atoms with Crippen molar-refractivity contribution >= 4 is 60.5 Å².